The van der Waals surface area contributed by atoms with Crippen molar-refractivity contribution in [3.8, 4) is 0 Å². The standard InChI is InChI=1S/C16H21FO2/c17-15-10-6-5-9-13(15)11-14(16(18)19)12-7-3-1-2-4-8-12/h5-6,9-10,12,14H,1-4,7-8,11H2,(H,18,19). The van der Waals surface area contributed by atoms with Gasteiger partial charge in [0.05, 0.1) is 5.92 Å². The van der Waals surface area contributed by atoms with Gasteiger partial charge in [0.2, 0.25) is 0 Å². The second-order valence-electron chi connectivity index (χ2n) is 5.49. The Kier molecular flexibility index (Phi) is 4.94. The fraction of sp³-hybridized carbons (Fsp3) is 0.562. The van der Waals surface area contributed by atoms with Crippen LogP contribution in [0.2, 0.25) is 0 Å². The van der Waals surface area contributed by atoms with Gasteiger partial charge in [0.1, 0.15) is 5.82 Å². The maximum absolute atomic E-state index is 13.7. The summed E-state index contributed by atoms with van der Waals surface area (Å²) in [6.07, 6.45) is 6.84. The quantitative estimate of drug-likeness (QED) is 0.833. The normalized spacial score (nSPS) is 18.8. The van der Waals surface area contributed by atoms with Gasteiger partial charge >= 0.3 is 5.97 Å². The minimum absolute atomic E-state index is 0.194. The van der Waals surface area contributed by atoms with Gasteiger partial charge in [-0.25, -0.2) is 4.39 Å². The van der Waals surface area contributed by atoms with Gasteiger partial charge < -0.3 is 5.11 Å². The van der Waals surface area contributed by atoms with Gasteiger partial charge in [-0.15, -0.1) is 0 Å². The first-order chi connectivity index (χ1) is 9.18. The zero-order chi connectivity index (χ0) is 13.7. The highest BCUT2D eigenvalue weighted by Crippen LogP contribution is 2.31. The molecule has 1 fully saturated rings. The highest BCUT2D eigenvalue weighted by Gasteiger charge is 2.29. The van der Waals surface area contributed by atoms with Crippen molar-refractivity contribution in [1.29, 1.82) is 0 Å². The smallest absolute Gasteiger partial charge is 0.307 e. The van der Waals surface area contributed by atoms with Gasteiger partial charge in [-0.05, 0) is 36.8 Å². The molecular weight excluding hydrogens is 243 g/mol. The topological polar surface area (TPSA) is 37.3 Å². The molecule has 0 bridgehead atoms. The van der Waals surface area contributed by atoms with E-state index in [1.807, 2.05) is 0 Å². The Morgan fingerprint density at radius 2 is 1.84 bits per heavy atom. The summed E-state index contributed by atoms with van der Waals surface area (Å²) in [6, 6.07) is 6.51. The molecule has 0 radical (unpaired) electrons. The van der Waals surface area contributed by atoms with E-state index in [-0.39, 0.29) is 11.7 Å². The van der Waals surface area contributed by atoms with Crippen LogP contribution in [0.1, 0.15) is 44.1 Å². The van der Waals surface area contributed by atoms with E-state index in [1.54, 1.807) is 18.2 Å². The lowest BCUT2D eigenvalue weighted by Crippen LogP contribution is -2.26. The van der Waals surface area contributed by atoms with E-state index in [1.165, 1.54) is 18.9 Å². The van der Waals surface area contributed by atoms with Crippen molar-refractivity contribution in [3.05, 3.63) is 35.6 Å². The molecule has 1 aromatic rings. The molecule has 19 heavy (non-hydrogen) atoms. The Morgan fingerprint density at radius 1 is 1.21 bits per heavy atom. The molecule has 2 rings (SSSR count). The molecule has 3 heteroatoms. The third-order valence-electron chi connectivity index (χ3n) is 4.18. The van der Waals surface area contributed by atoms with Gasteiger partial charge in [0.25, 0.3) is 0 Å². The SMILES string of the molecule is O=C(O)C(Cc1ccccc1F)C1CCCCCC1. The number of carbonyl (C=O) groups is 1. The Balaban J connectivity index is 2.11. The number of hydrogen-bond acceptors (Lipinski definition) is 1. The second kappa shape index (κ2) is 6.69. The summed E-state index contributed by atoms with van der Waals surface area (Å²) in [5.74, 6) is -1.33. The minimum atomic E-state index is -0.782. The van der Waals surface area contributed by atoms with Crippen molar-refractivity contribution in [2.24, 2.45) is 11.8 Å². The highest BCUT2D eigenvalue weighted by atomic mass is 19.1. The van der Waals surface area contributed by atoms with Crippen molar-refractivity contribution in [3.63, 3.8) is 0 Å². The highest BCUT2D eigenvalue weighted by molar-refractivity contribution is 5.70. The van der Waals surface area contributed by atoms with Crippen molar-refractivity contribution < 1.29 is 14.3 Å². The average Bonchev–Trinajstić information content (AvgIpc) is 2.66. The van der Waals surface area contributed by atoms with E-state index in [0.29, 0.717) is 12.0 Å². The van der Waals surface area contributed by atoms with E-state index in [4.69, 9.17) is 0 Å². The minimum Gasteiger partial charge on any atom is -0.481 e. The van der Waals surface area contributed by atoms with Gasteiger partial charge in [-0.3, -0.25) is 4.79 Å². The van der Waals surface area contributed by atoms with Crippen molar-refractivity contribution in [1.82, 2.24) is 0 Å². The largest absolute Gasteiger partial charge is 0.481 e. The molecule has 1 unspecified atom stereocenters. The third kappa shape index (κ3) is 3.79. The summed E-state index contributed by atoms with van der Waals surface area (Å²) in [7, 11) is 0. The molecule has 104 valence electrons. The molecule has 1 aliphatic rings. The summed E-state index contributed by atoms with van der Waals surface area (Å²) in [5.41, 5.74) is 0.527. The number of hydrogen-bond donors (Lipinski definition) is 1. The Labute approximate surface area is 113 Å². The van der Waals surface area contributed by atoms with Crippen molar-refractivity contribution >= 4 is 5.97 Å². The maximum Gasteiger partial charge on any atom is 0.307 e. The summed E-state index contributed by atoms with van der Waals surface area (Å²) in [5, 5.41) is 9.45. The lowest BCUT2D eigenvalue weighted by Gasteiger charge is -2.22. The molecule has 0 saturated heterocycles. The van der Waals surface area contributed by atoms with Crippen LogP contribution < -0.4 is 0 Å². The van der Waals surface area contributed by atoms with Crippen LogP contribution >= 0.6 is 0 Å². The van der Waals surface area contributed by atoms with Crippen LogP contribution in [-0.2, 0) is 11.2 Å². The monoisotopic (exact) mass is 264 g/mol. The first-order valence-electron chi connectivity index (χ1n) is 7.14. The number of rotatable bonds is 4. The van der Waals surface area contributed by atoms with Crippen molar-refractivity contribution in [2.75, 3.05) is 0 Å². The van der Waals surface area contributed by atoms with Crippen LogP contribution in [0.3, 0.4) is 0 Å². The number of carboxylic acids is 1. The maximum atomic E-state index is 13.7. The summed E-state index contributed by atoms with van der Waals surface area (Å²) < 4.78 is 13.7. The Bertz CT molecular complexity index is 423. The number of aliphatic carboxylic acids is 1. The fourth-order valence-electron chi connectivity index (χ4n) is 3.07. The van der Waals surface area contributed by atoms with Gasteiger partial charge in [0, 0.05) is 0 Å². The van der Waals surface area contributed by atoms with E-state index < -0.39 is 11.9 Å². The van der Waals surface area contributed by atoms with Gasteiger partial charge in [-0.2, -0.15) is 0 Å². The molecule has 0 aliphatic heterocycles. The zero-order valence-corrected chi connectivity index (χ0v) is 11.1. The average molecular weight is 264 g/mol. The van der Waals surface area contributed by atoms with E-state index in [2.05, 4.69) is 0 Å². The molecule has 0 amide bonds. The predicted octanol–water partition coefficient (Wildman–Crippen LogP) is 4.04. The molecule has 0 aromatic heterocycles. The van der Waals surface area contributed by atoms with Crippen LogP contribution in [0.5, 0.6) is 0 Å². The van der Waals surface area contributed by atoms with Crippen LogP contribution in [-0.4, -0.2) is 11.1 Å². The molecule has 1 atom stereocenters. The van der Waals surface area contributed by atoms with Gasteiger partial charge in [0.15, 0.2) is 0 Å². The number of carboxylic acid groups (broad SMARTS) is 1. The number of benzene rings is 1. The lowest BCUT2D eigenvalue weighted by molar-refractivity contribution is -0.143. The second-order valence-corrected chi connectivity index (χ2v) is 5.49. The fourth-order valence-corrected chi connectivity index (χ4v) is 3.07. The van der Waals surface area contributed by atoms with E-state index in [0.717, 1.165) is 25.7 Å². The summed E-state index contributed by atoms with van der Waals surface area (Å²) >= 11 is 0. The molecule has 1 aliphatic carbocycles. The first-order valence-corrected chi connectivity index (χ1v) is 7.14. The van der Waals surface area contributed by atoms with Crippen LogP contribution in [0.25, 0.3) is 0 Å². The predicted molar refractivity (Wildman–Crippen MR) is 72.4 cm³/mol. The molecule has 1 aromatic carbocycles. The van der Waals surface area contributed by atoms with Crippen molar-refractivity contribution in [2.45, 2.75) is 44.9 Å². The van der Waals surface area contributed by atoms with Crippen LogP contribution in [0.15, 0.2) is 24.3 Å². The number of halogens is 1. The molecule has 0 heterocycles. The van der Waals surface area contributed by atoms with Crippen LogP contribution in [0.4, 0.5) is 4.39 Å². The van der Waals surface area contributed by atoms with Gasteiger partial charge in [-0.1, -0.05) is 43.9 Å². The lowest BCUT2D eigenvalue weighted by atomic mass is 9.82. The summed E-state index contributed by atoms with van der Waals surface area (Å²) in [6.45, 7) is 0. The molecule has 1 N–H and O–H groups in total. The van der Waals surface area contributed by atoms with E-state index in [9.17, 15) is 14.3 Å². The first kappa shape index (κ1) is 14.0. The molecular formula is C16H21FO2. The molecule has 0 spiro atoms. The molecule has 2 nitrogen and oxygen atoms in total. The Morgan fingerprint density at radius 3 is 2.42 bits per heavy atom. The molecule has 1 saturated carbocycles. The van der Waals surface area contributed by atoms with E-state index >= 15 is 0 Å². The summed E-state index contributed by atoms with van der Waals surface area (Å²) in [4.78, 5) is 11.5. The zero-order valence-electron chi connectivity index (χ0n) is 11.1. The third-order valence-corrected chi connectivity index (χ3v) is 4.18. The van der Waals surface area contributed by atoms with Crippen LogP contribution in [0, 0.1) is 17.7 Å². The Hall–Kier alpha value is -1.38.